The molecule has 0 saturated heterocycles. The van der Waals surface area contributed by atoms with E-state index in [0.29, 0.717) is 17.4 Å². The Labute approximate surface area is 86.7 Å². The smallest absolute Gasteiger partial charge is 0.204 e. The van der Waals surface area contributed by atoms with E-state index >= 15 is 0 Å². The maximum absolute atomic E-state index is 5.46. The first-order valence-electron chi connectivity index (χ1n) is 4.21. The molecule has 2 rings (SSSR count). The molecule has 0 atom stereocenters. The maximum atomic E-state index is 5.46. The normalized spacial score (nSPS) is 10.4. The largest absolute Gasteiger partial charge is 0.490 e. The van der Waals surface area contributed by atoms with Crippen molar-refractivity contribution in [2.45, 2.75) is 6.42 Å². The zero-order valence-electron chi connectivity index (χ0n) is 7.69. The fourth-order valence-electron chi connectivity index (χ4n) is 1.19. The lowest BCUT2D eigenvalue weighted by Crippen LogP contribution is -2.01. The number of thiocarbonyl (C=S) groups is 1. The molecule has 0 bridgehead atoms. The predicted molar refractivity (Wildman–Crippen MR) is 57.3 cm³/mol. The lowest BCUT2D eigenvalue weighted by molar-refractivity contribution is 0.399. The number of fused-ring (bicyclic) bond motifs is 1. The molecule has 0 radical (unpaired) electrons. The number of hydrogen-bond acceptors (Lipinski definition) is 4. The Balaban J connectivity index is 2.31. The fraction of sp³-hybridized carbons (Fsp3) is 0.200. The highest BCUT2D eigenvalue weighted by Crippen LogP contribution is 2.15. The Bertz CT molecular complexity index is 431. The van der Waals surface area contributed by atoms with Crippen molar-refractivity contribution in [3.05, 3.63) is 30.2 Å². The highest BCUT2D eigenvalue weighted by atomic mass is 32.1. The first-order valence-corrected chi connectivity index (χ1v) is 4.61. The zero-order valence-corrected chi connectivity index (χ0v) is 8.50. The van der Waals surface area contributed by atoms with Gasteiger partial charge in [-0.15, -0.1) is 0 Å². The van der Waals surface area contributed by atoms with Crippen molar-refractivity contribution in [3.63, 3.8) is 0 Å². The van der Waals surface area contributed by atoms with Gasteiger partial charge in [0.1, 0.15) is 5.52 Å². The summed E-state index contributed by atoms with van der Waals surface area (Å²) in [6, 6.07) is 7.61. The van der Waals surface area contributed by atoms with E-state index in [4.69, 9.17) is 21.4 Å². The summed E-state index contributed by atoms with van der Waals surface area (Å²) in [6.45, 7) is 0. The monoisotopic (exact) mass is 207 g/mol. The van der Waals surface area contributed by atoms with Gasteiger partial charge < -0.3 is 9.15 Å². The van der Waals surface area contributed by atoms with Crippen LogP contribution in [-0.2, 0) is 11.2 Å². The van der Waals surface area contributed by atoms with Crippen LogP contribution in [0, 0.1) is 0 Å². The number of para-hydroxylation sites is 2. The van der Waals surface area contributed by atoms with Gasteiger partial charge in [0.05, 0.1) is 13.5 Å². The van der Waals surface area contributed by atoms with Gasteiger partial charge in [-0.25, -0.2) is 4.98 Å². The Morgan fingerprint density at radius 3 is 3.00 bits per heavy atom. The third-order valence-electron chi connectivity index (χ3n) is 1.86. The van der Waals surface area contributed by atoms with E-state index in [1.165, 1.54) is 0 Å². The molecule has 0 N–H and O–H groups in total. The van der Waals surface area contributed by atoms with E-state index in [1.807, 2.05) is 24.3 Å². The summed E-state index contributed by atoms with van der Waals surface area (Å²) >= 11 is 4.92. The molecule has 0 aliphatic rings. The molecule has 0 amide bonds. The zero-order chi connectivity index (χ0) is 9.97. The second-order valence-corrected chi connectivity index (χ2v) is 3.28. The van der Waals surface area contributed by atoms with Gasteiger partial charge in [0.15, 0.2) is 10.6 Å². The summed E-state index contributed by atoms with van der Waals surface area (Å²) < 4.78 is 10.3. The summed E-state index contributed by atoms with van der Waals surface area (Å²) in [5.74, 6) is 0.595. The van der Waals surface area contributed by atoms with Gasteiger partial charge in [-0.05, 0) is 24.4 Å². The van der Waals surface area contributed by atoms with Crippen molar-refractivity contribution in [2.24, 2.45) is 0 Å². The van der Waals surface area contributed by atoms with Crippen LogP contribution in [0.1, 0.15) is 5.89 Å². The average molecular weight is 207 g/mol. The Kier molecular flexibility index (Phi) is 2.45. The molecule has 1 aromatic carbocycles. The molecule has 0 fully saturated rings. The van der Waals surface area contributed by atoms with Crippen molar-refractivity contribution in [3.8, 4) is 0 Å². The molecule has 72 valence electrons. The SMILES string of the molecule is COC(=S)Cc1nc2ccccc2o1. The number of hydrogen-bond donors (Lipinski definition) is 0. The average Bonchev–Trinajstić information content (AvgIpc) is 2.59. The van der Waals surface area contributed by atoms with Crippen LogP contribution in [0.4, 0.5) is 0 Å². The second-order valence-electron chi connectivity index (χ2n) is 2.83. The standard InChI is InChI=1S/C10H9NO2S/c1-12-10(14)6-9-11-7-4-2-3-5-8(7)13-9/h2-5H,6H2,1H3. The molecule has 1 heterocycles. The van der Waals surface area contributed by atoms with E-state index in [0.717, 1.165) is 11.1 Å². The molecular weight excluding hydrogens is 198 g/mol. The van der Waals surface area contributed by atoms with Gasteiger partial charge >= 0.3 is 0 Å². The number of aromatic nitrogens is 1. The molecule has 1 aromatic heterocycles. The highest BCUT2D eigenvalue weighted by Gasteiger charge is 2.07. The minimum Gasteiger partial charge on any atom is -0.490 e. The van der Waals surface area contributed by atoms with E-state index in [1.54, 1.807) is 7.11 Å². The van der Waals surface area contributed by atoms with E-state index in [9.17, 15) is 0 Å². The second kappa shape index (κ2) is 3.75. The van der Waals surface area contributed by atoms with E-state index in [-0.39, 0.29) is 0 Å². The van der Waals surface area contributed by atoms with Gasteiger partial charge in [-0.1, -0.05) is 12.1 Å². The van der Waals surface area contributed by atoms with Crippen molar-refractivity contribution >= 4 is 28.4 Å². The van der Waals surface area contributed by atoms with Crippen LogP contribution in [0.5, 0.6) is 0 Å². The summed E-state index contributed by atoms with van der Waals surface area (Å²) in [5, 5.41) is 0.483. The summed E-state index contributed by atoms with van der Waals surface area (Å²) in [7, 11) is 1.55. The van der Waals surface area contributed by atoms with Crippen LogP contribution >= 0.6 is 12.2 Å². The van der Waals surface area contributed by atoms with Gasteiger partial charge in [-0.3, -0.25) is 0 Å². The van der Waals surface area contributed by atoms with Gasteiger partial charge in [-0.2, -0.15) is 0 Å². The number of ether oxygens (including phenoxy) is 1. The molecule has 0 aliphatic heterocycles. The molecule has 0 aliphatic carbocycles. The van der Waals surface area contributed by atoms with Gasteiger partial charge in [0, 0.05) is 0 Å². The Morgan fingerprint density at radius 2 is 2.29 bits per heavy atom. The summed E-state index contributed by atoms with van der Waals surface area (Å²) in [4.78, 5) is 4.27. The minimum atomic E-state index is 0.445. The van der Waals surface area contributed by atoms with Crippen LogP contribution in [0.3, 0.4) is 0 Å². The molecule has 3 nitrogen and oxygen atoms in total. The van der Waals surface area contributed by atoms with Crippen LogP contribution in [-0.4, -0.2) is 17.1 Å². The van der Waals surface area contributed by atoms with E-state index < -0.39 is 0 Å². The fourth-order valence-corrected chi connectivity index (χ4v) is 1.31. The van der Waals surface area contributed by atoms with Crippen molar-refractivity contribution < 1.29 is 9.15 Å². The molecule has 0 spiro atoms. The van der Waals surface area contributed by atoms with E-state index in [2.05, 4.69) is 4.98 Å². The Morgan fingerprint density at radius 1 is 1.50 bits per heavy atom. The number of oxazole rings is 1. The molecular formula is C10H9NO2S. The third-order valence-corrected chi connectivity index (χ3v) is 2.17. The number of benzene rings is 1. The topological polar surface area (TPSA) is 35.3 Å². The maximum Gasteiger partial charge on any atom is 0.204 e. The molecule has 14 heavy (non-hydrogen) atoms. The first-order chi connectivity index (χ1) is 6.79. The predicted octanol–water partition coefficient (Wildman–Crippen LogP) is 2.34. The van der Waals surface area contributed by atoms with Gasteiger partial charge in [0.25, 0.3) is 0 Å². The van der Waals surface area contributed by atoms with Crippen molar-refractivity contribution in [1.82, 2.24) is 4.98 Å². The highest BCUT2D eigenvalue weighted by molar-refractivity contribution is 7.80. The van der Waals surface area contributed by atoms with Crippen molar-refractivity contribution in [1.29, 1.82) is 0 Å². The lowest BCUT2D eigenvalue weighted by atomic mass is 10.3. The third kappa shape index (κ3) is 1.75. The number of methoxy groups -OCH3 is 1. The molecule has 0 unspecified atom stereocenters. The molecule has 4 heteroatoms. The Hall–Kier alpha value is -1.42. The van der Waals surface area contributed by atoms with Gasteiger partial charge in [0.2, 0.25) is 5.89 Å². The first kappa shape index (κ1) is 9.15. The number of nitrogens with zero attached hydrogens (tertiary/aromatic N) is 1. The number of rotatable bonds is 2. The van der Waals surface area contributed by atoms with Crippen LogP contribution in [0.25, 0.3) is 11.1 Å². The van der Waals surface area contributed by atoms with Crippen LogP contribution in [0.2, 0.25) is 0 Å². The molecule has 2 aromatic rings. The van der Waals surface area contributed by atoms with Crippen LogP contribution < -0.4 is 0 Å². The van der Waals surface area contributed by atoms with Crippen LogP contribution in [0.15, 0.2) is 28.7 Å². The lowest BCUT2D eigenvalue weighted by Gasteiger charge is -1.95. The minimum absolute atomic E-state index is 0.445. The summed E-state index contributed by atoms with van der Waals surface area (Å²) in [5.41, 5.74) is 1.63. The summed E-state index contributed by atoms with van der Waals surface area (Å²) in [6.07, 6.45) is 0.445. The van der Waals surface area contributed by atoms with Crippen molar-refractivity contribution in [2.75, 3.05) is 7.11 Å². The molecule has 0 saturated carbocycles. The quantitative estimate of drug-likeness (QED) is 0.708.